The van der Waals surface area contributed by atoms with E-state index in [0.29, 0.717) is 51.7 Å². The van der Waals surface area contributed by atoms with Crippen molar-refractivity contribution in [1.29, 1.82) is 0 Å². The monoisotopic (exact) mass is 478 g/mol. The average molecular weight is 479 g/mol. The Hall–Kier alpha value is -2.41. The third kappa shape index (κ3) is 5.68. The van der Waals surface area contributed by atoms with Crippen LogP contribution in [0.25, 0.3) is 0 Å². The highest BCUT2D eigenvalue weighted by atomic mass is 35.5. The standard InChI is InChI=1S/C24H28Cl2N2O4/c1-5-6-7-20(29)23-15(2)27-28(3)24(23)32-22-13-21(18(25)12-19(22)26)31-14-16-8-10-17(30-4)11-9-16/h8-13,20,29H,5-7,14H2,1-4H3. The SMILES string of the molecule is CCCCC(O)c1c(C)nn(C)c1Oc1cc(OCc2ccc(OC)cc2)c(Cl)cc1Cl. The van der Waals surface area contributed by atoms with E-state index in [1.165, 1.54) is 0 Å². The molecule has 6 nitrogen and oxygen atoms in total. The molecule has 0 aliphatic carbocycles. The second-order valence-electron chi connectivity index (χ2n) is 7.54. The second kappa shape index (κ2) is 10.9. The highest BCUT2D eigenvalue weighted by Crippen LogP contribution is 2.41. The molecular formula is C24H28Cl2N2O4. The highest BCUT2D eigenvalue weighted by Gasteiger charge is 2.23. The molecule has 0 fully saturated rings. The maximum Gasteiger partial charge on any atom is 0.223 e. The minimum absolute atomic E-state index is 0.316. The number of nitrogens with zero attached hydrogens (tertiary/aromatic N) is 2. The summed E-state index contributed by atoms with van der Waals surface area (Å²) in [6.07, 6.45) is 1.85. The summed E-state index contributed by atoms with van der Waals surface area (Å²) in [5.41, 5.74) is 2.34. The lowest BCUT2D eigenvalue weighted by molar-refractivity contribution is 0.160. The molecule has 1 N–H and O–H groups in total. The highest BCUT2D eigenvalue weighted by molar-refractivity contribution is 6.36. The number of methoxy groups -OCH3 is 1. The molecule has 0 radical (unpaired) electrons. The van der Waals surface area contributed by atoms with Gasteiger partial charge in [0.25, 0.3) is 0 Å². The number of aryl methyl sites for hydroxylation is 2. The van der Waals surface area contributed by atoms with Crippen LogP contribution >= 0.6 is 23.2 Å². The van der Waals surface area contributed by atoms with Crippen LogP contribution in [0.2, 0.25) is 10.0 Å². The van der Waals surface area contributed by atoms with Gasteiger partial charge in [0.15, 0.2) is 5.75 Å². The van der Waals surface area contributed by atoms with Crippen LogP contribution in [0, 0.1) is 6.92 Å². The first-order valence-electron chi connectivity index (χ1n) is 10.5. The molecule has 32 heavy (non-hydrogen) atoms. The predicted octanol–water partition coefficient (Wildman–Crippen LogP) is 6.64. The lowest BCUT2D eigenvalue weighted by Gasteiger charge is -2.16. The number of rotatable bonds is 10. The Morgan fingerprint density at radius 1 is 1.09 bits per heavy atom. The Balaban J connectivity index is 1.83. The van der Waals surface area contributed by atoms with E-state index >= 15 is 0 Å². The Kier molecular flexibility index (Phi) is 8.29. The number of aromatic nitrogens is 2. The molecular weight excluding hydrogens is 451 g/mol. The molecule has 0 aliphatic heterocycles. The van der Waals surface area contributed by atoms with Crippen molar-refractivity contribution >= 4 is 23.2 Å². The summed E-state index contributed by atoms with van der Waals surface area (Å²) < 4.78 is 18.8. The van der Waals surface area contributed by atoms with E-state index in [4.69, 9.17) is 37.4 Å². The summed E-state index contributed by atoms with van der Waals surface area (Å²) in [5, 5.41) is 15.8. The Labute approximate surface area is 198 Å². The molecule has 0 spiro atoms. The van der Waals surface area contributed by atoms with Gasteiger partial charge in [0.1, 0.15) is 18.1 Å². The Morgan fingerprint density at radius 2 is 1.78 bits per heavy atom. The third-order valence-corrected chi connectivity index (χ3v) is 5.72. The number of benzene rings is 2. The van der Waals surface area contributed by atoms with Crippen molar-refractivity contribution in [1.82, 2.24) is 9.78 Å². The number of ether oxygens (including phenoxy) is 3. The fraction of sp³-hybridized carbons (Fsp3) is 0.375. The minimum atomic E-state index is -0.671. The van der Waals surface area contributed by atoms with E-state index in [2.05, 4.69) is 12.0 Å². The molecule has 0 amide bonds. The van der Waals surface area contributed by atoms with Gasteiger partial charge in [0.05, 0.1) is 34.5 Å². The number of halogens is 2. The lowest BCUT2D eigenvalue weighted by atomic mass is 10.0. The zero-order valence-electron chi connectivity index (χ0n) is 18.7. The first-order valence-corrected chi connectivity index (χ1v) is 11.2. The fourth-order valence-corrected chi connectivity index (χ4v) is 3.86. The predicted molar refractivity (Wildman–Crippen MR) is 126 cm³/mol. The Morgan fingerprint density at radius 3 is 2.44 bits per heavy atom. The van der Waals surface area contributed by atoms with Crippen LogP contribution in [-0.2, 0) is 13.7 Å². The molecule has 1 unspecified atom stereocenters. The molecule has 0 aliphatic rings. The van der Waals surface area contributed by atoms with Crippen molar-refractivity contribution in [2.45, 2.75) is 45.8 Å². The quantitative estimate of drug-likeness (QED) is 0.353. The molecule has 3 aromatic rings. The minimum Gasteiger partial charge on any atom is -0.497 e. The molecule has 0 saturated heterocycles. The average Bonchev–Trinajstić information content (AvgIpc) is 3.06. The smallest absolute Gasteiger partial charge is 0.223 e. The molecule has 3 rings (SSSR count). The molecule has 8 heteroatoms. The Bertz CT molecular complexity index is 1050. The fourth-order valence-electron chi connectivity index (χ4n) is 3.39. The van der Waals surface area contributed by atoms with Crippen LogP contribution in [0.4, 0.5) is 0 Å². The summed E-state index contributed by atoms with van der Waals surface area (Å²) in [6, 6.07) is 10.8. The number of hydrogen-bond donors (Lipinski definition) is 1. The van der Waals surface area contributed by atoms with E-state index in [1.54, 1.807) is 31.0 Å². The molecule has 1 atom stereocenters. The number of aliphatic hydroxyl groups is 1. The van der Waals surface area contributed by atoms with Gasteiger partial charge in [-0.15, -0.1) is 0 Å². The summed E-state index contributed by atoms with van der Waals surface area (Å²) in [5.74, 6) is 2.02. The van der Waals surface area contributed by atoms with Crippen LogP contribution in [0.15, 0.2) is 36.4 Å². The van der Waals surface area contributed by atoms with Crippen LogP contribution < -0.4 is 14.2 Å². The summed E-state index contributed by atoms with van der Waals surface area (Å²) in [7, 11) is 3.39. The van der Waals surface area contributed by atoms with Gasteiger partial charge in [-0.05, 0) is 37.1 Å². The molecule has 0 bridgehead atoms. The van der Waals surface area contributed by atoms with E-state index in [9.17, 15) is 5.11 Å². The van der Waals surface area contributed by atoms with E-state index in [1.807, 2.05) is 31.2 Å². The molecule has 2 aromatic carbocycles. The van der Waals surface area contributed by atoms with Crippen molar-refractivity contribution < 1.29 is 19.3 Å². The van der Waals surface area contributed by atoms with E-state index in [-0.39, 0.29) is 0 Å². The maximum atomic E-state index is 10.7. The molecule has 0 saturated carbocycles. The van der Waals surface area contributed by atoms with E-state index in [0.717, 1.165) is 24.2 Å². The van der Waals surface area contributed by atoms with Gasteiger partial charge < -0.3 is 19.3 Å². The topological polar surface area (TPSA) is 65.7 Å². The molecule has 172 valence electrons. The van der Waals surface area contributed by atoms with Gasteiger partial charge in [0, 0.05) is 13.1 Å². The van der Waals surface area contributed by atoms with Crippen molar-refractivity contribution in [3.05, 3.63) is 63.3 Å². The number of hydrogen-bond acceptors (Lipinski definition) is 5. The van der Waals surface area contributed by atoms with Crippen LogP contribution in [0.5, 0.6) is 23.1 Å². The number of unbranched alkanes of at least 4 members (excludes halogenated alkanes) is 1. The number of aliphatic hydroxyl groups excluding tert-OH is 1. The second-order valence-corrected chi connectivity index (χ2v) is 8.35. The zero-order chi connectivity index (χ0) is 23.3. The van der Waals surface area contributed by atoms with Crippen LogP contribution in [-0.4, -0.2) is 22.0 Å². The van der Waals surface area contributed by atoms with Crippen LogP contribution in [0.3, 0.4) is 0 Å². The van der Waals surface area contributed by atoms with Gasteiger partial charge in [-0.2, -0.15) is 5.10 Å². The summed E-state index contributed by atoms with van der Waals surface area (Å²) in [6.45, 7) is 4.25. The maximum absolute atomic E-state index is 10.7. The normalized spacial score (nSPS) is 12.0. The van der Waals surface area contributed by atoms with Gasteiger partial charge in [-0.1, -0.05) is 55.1 Å². The van der Waals surface area contributed by atoms with Gasteiger partial charge in [-0.3, -0.25) is 0 Å². The summed E-state index contributed by atoms with van der Waals surface area (Å²) in [4.78, 5) is 0. The third-order valence-electron chi connectivity index (χ3n) is 5.12. The largest absolute Gasteiger partial charge is 0.497 e. The molecule has 1 heterocycles. The van der Waals surface area contributed by atoms with E-state index < -0.39 is 6.10 Å². The lowest BCUT2D eigenvalue weighted by Crippen LogP contribution is -2.03. The van der Waals surface area contributed by atoms with Gasteiger partial charge >= 0.3 is 0 Å². The van der Waals surface area contributed by atoms with Crippen molar-refractivity contribution in [2.24, 2.45) is 7.05 Å². The van der Waals surface area contributed by atoms with Gasteiger partial charge in [-0.25, -0.2) is 4.68 Å². The van der Waals surface area contributed by atoms with Gasteiger partial charge in [0.2, 0.25) is 5.88 Å². The van der Waals surface area contributed by atoms with Crippen LogP contribution in [0.1, 0.15) is 49.1 Å². The summed E-state index contributed by atoms with van der Waals surface area (Å²) >= 11 is 12.8. The first-order chi connectivity index (χ1) is 15.3. The molecule has 1 aromatic heterocycles. The first kappa shape index (κ1) is 24.2. The van der Waals surface area contributed by atoms with Crippen molar-refractivity contribution in [3.8, 4) is 23.1 Å². The van der Waals surface area contributed by atoms with Crippen molar-refractivity contribution in [3.63, 3.8) is 0 Å². The zero-order valence-corrected chi connectivity index (χ0v) is 20.2. The van der Waals surface area contributed by atoms with Crippen molar-refractivity contribution in [2.75, 3.05) is 7.11 Å².